The van der Waals surface area contributed by atoms with E-state index in [-0.39, 0.29) is 0 Å². The summed E-state index contributed by atoms with van der Waals surface area (Å²) in [5, 5.41) is 3.35. The van der Waals surface area contributed by atoms with Crippen LogP contribution in [-0.4, -0.2) is 51.8 Å². The Morgan fingerprint density at radius 1 is 1.27 bits per heavy atom. The zero-order valence-corrected chi connectivity index (χ0v) is 11.1. The molecule has 0 saturated heterocycles. The molecule has 0 saturated carbocycles. The lowest BCUT2D eigenvalue weighted by Crippen LogP contribution is -2.36. The predicted molar refractivity (Wildman–Crippen MR) is 66.3 cm³/mol. The third-order valence-corrected chi connectivity index (χ3v) is 2.81. The number of hydrogen-bond donors (Lipinski definition) is 1. The molecule has 0 heterocycles. The molecule has 0 amide bonds. The largest absolute Gasteiger partial charge is 0.383 e. The molecule has 0 bridgehead atoms. The maximum Gasteiger partial charge on any atom is 0.0587 e. The fraction of sp³-hybridized carbons (Fsp3) is 1.00. The summed E-state index contributed by atoms with van der Waals surface area (Å²) in [6.07, 6.45) is 1.23. The quantitative estimate of drug-likeness (QED) is 0.592. The van der Waals surface area contributed by atoms with Crippen LogP contribution in [0.25, 0.3) is 0 Å². The van der Waals surface area contributed by atoms with E-state index in [1.807, 2.05) is 0 Å². The highest BCUT2D eigenvalue weighted by Gasteiger charge is 2.16. The Labute approximate surface area is 95.2 Å². The molecule has 0 spiro atoms. The van der Waals surface area contributed by atoms with Crippen molar-refractivity contribution in [2.45, 2.75) is 27.2 Å². The van der Waals surface area contributed by atoms with Gasteiger partial charge in [0.25, 0.3) is 0 Å². The average Bonchev–Trinajstić information content (AvgIpc) is 2.17. The van der Waals surface area contributed by atoms with E-state index >= 15 is 0 Å². The zero-order valence-electron chi connectivity index (χ0n) is 11.1. The Bertz CT molecular complexity index is 149. The average molecular weight is 216 g/mol. The van der Waals surface area contributed by atoms with Crippen molar-refractivity contribution in [2.75, 3.05) is 46.9 Å². The lowest BCUT2D eigenvalue weighted by atomic mass is 9.90. The fourth-order valence-corrected chi connectivity index (χ4v) is 1.49. The molecule has 0 aromatic rings. The van der Waals surface area contributed by atoms with Crippen LogP contribution in [-0.2, 0) is 4.74 Å². The third-order valence-electron chi connectivity index (χ3n) is 2.81. The molecule has 0 radical (unpaired) electrons. The van der Waals surface area contributed by atoms with Gasteiger partial charge in [0, 0.05) is 33.3 Å². The molecule has 1 N–H and O–H groups in total. The van der Waals surface area contributed by atoms with Crippen molar-refractivity contribution < 1.29 is 4.74 Å². The molecular weight excluding hydrogens is 188 g/mol. The van der Waals surface area contributed by atoms with Crippen molar-refractivity contribution in [1.82, 2.24) is 10.2 Å². The fourth-order valence-electron chi connectivity index (χ4n) is 1.49. The first-order valence-electron chi connectivity index (χ1n) is 5.90. The van der Waals surface area contributed by atoms with Gasteiger partial charge in [0.15, 0.2) is 0 Å². The number of rotatable bonds is 9. The summed E-state index contributed by atoms with van der Waals surface area (Å²) >= 11 is 0. The number of methoxy groups -OCH3 is 1. The van der Waals surface area contributed by atoms with Gasteiger partial charge in [-0.2, -0.15) is 0 Å². The summed E-state index contributed by atoms with van der Waals surface area (Å²) in [4.78, 5) is 2.39. The Kier molecular flexibility index (Phi) is 8.02. The molecule has 15 heavy (non-hydrogen) atoms. The minimum absolute atomic E-state index is 0.432. The van der Waals surface area contributed by atoms with Gasteiger partial charge in [-0.1, -0.05) is 20.8 Å². The van der Waals surface area contributed by atoms with Crippen LogP contribution in [0.5, 0.6) is 0 Å². The molecule has 0 aromatic carbocycles. The number of likely N-dealkylation sites (N-methyl/N-ethyl adjacent to an activating group) is 1. The maximum atomic E-state index is 4.97. The Morgan fingerprint density at radius 3 is 2.47 bits per heavy atom. The van der Waals surface area contributed by atoms with E-state index < -0.39 is 0 Å². The molecule has 0 atom stereocenters. The molecule has 0 unspecified atom stereocenters. The zero-order chi connectivity index (χ0) is 11.7. The second kappa shape index (κ2) is 8.08. The van der Waals surface area contributed by atoms with Gasteiger partial charge in [-0.3, -0.25) is 0 Å². The van der Waals surface area contributed by atoms with Crippen LogP contribution < -0.4 is 5.32 Å². The van der Waals surface area contributed by atoms with Crippen LogP contribution in [0.4, 0.5) is 0 Å². The number of ether oxygens (including phenoxy) is 1. The smallest absolute Gasteiger partial charge is 0.0587 e. The SMILES string of the molecule is CCC(C)(C)CN(C)CCNCCOC. The molecule has 0 aromatic heterocycles. The molecular formula is C12H28N2O. The van der Waals surface area contributed by atoms with E-state index in [0.29, 0.717) is 5.41 Å². The maximum absolute atomic E-state index is 4.97. The van der Waals surface area contributed by atoms with Crippen LogP contribution in [0.1, 0.15) is 27.2 Å². The van der Waals surface area contributed by atoms with Crippen molar-refractivity contribution in [3.63, 3.8) is 0 Å². The number of nitrogens with zero attached hydrogens (tertiary/aromatic N) is 1. The Balaban J connectivity index is 3.45. The summed E-state index contributed by atoms with van der Waals surface area (Å²) in [7, 11) is 3.92. The lowest BCUT2D eigenvalue weighted by Gasteiger charge is -2.29. The van der Waals surface area contributed by atoms with Gasteiger partial charge in [-0.15, -0.1) is 0 Å². The van der Waals surface area contributed by atoms with Crippen LogP contribution >= 0.6 is 0 Å². The highest BCUT2D eigenvalue weighted by atomic mass is 16.5. The minimum atomic E-state index is 0.432. The van der Waals surface area contributed by atoms with Crippen LogP contribution in [0, 0.1) is 5.41 Å². The second-order valence-electron chi connectivity index (χ2n) is 5.00. The van der Waals surface area contributed by atoms with Gasteiger partial charge in [-0.05, 0) is 18.9 Å². The predicted octanol–water partition coefficient (Wildman–Crippen LogP) is 1.59. The first-order valence-corrected chi connectivity index (χ1v) is 5.90. The molecule has 0 aliphatic carbocycles. The van der Waals surface area contributed by atoms with Crippen LogP contribution in [0.2, 0.25) is 0 Å². The van der Waals surface area contributed by atoms with Crippen molar-refractivity contribution in [3.8, 4) is 0 Å². The topological polar surface area (TPSA) is 24.5 Å². The molecule has 3 nitrogen and oxygen atoms in total. The van der Waals surface area contributed by atoms with Crippen LogP contribution in [0.3, 0.4) is 0 Å². The summed E-state index contributed by atoms with van der Waals surface area (Å²) < 4.78 is 4.97. The van der Waals surface area contributed by atoms with Gasteiger partial charge in [0.2, 0.25) is 0 Å². The molecule has 3 heteroatoms. The summed E-state index contributed by atoms with van der Waals surface area (Å²) in [6, 6.07) is 0. The minimum Gasteiger partial charge on any atom is -0.383 e. The number of hydrogen-bond acceptors (Lipinski definition) is 3. The Morgan fingerprint density at radius 2 is 1.93 bits per heavy atom. The van der Waals surface area contributed by atoms with E-state index in [0.717, 1.165) is 32.8 Å². The third kappa shape index (κ3) is 8.85. The molecule has 0 aliphatic rings. The highest BCUT2D eigenvalue weighted by molar-refractivity contribution is 4.70. The van der Waals surface area contributed by atoms with Crippen LogP contribution in [0.15, 0.2) is 0 Å². The molecule has 92 valence electrons. The van der Waals surface area contributed by atoms with Gasteiger partial charge in [0.05, 0.1) is 6.61 Å². The highest BCUT2D eigenvalue weighted by Crippen LogP contribution is 2.19. The monoisotopic (exact) mass is 216 g/mol. The van der Waals surface area contributed by atoms with E-state index in [9.17, 15) is 0 Å². The van der Waals surface area contributed by atoms with Crippen molar-refractivity contribution >= 4 is 0 Å². The first-order chi connectivity index (χ1) is 7.02. The number of nitrogens with one attached hydrogen (secondary N) is 1. The molecule has 0 fully saturated rings. The van der Waals surface area contributed by atoms with Crippen molar-refractivity contribution in [2.24, 2.45) is 5.41 Å². The van der Waals surface area contributed by atoms with E-state index in [1.54, 1.807) is 7.11 Å². The van der Waals surface area contributed by atoms with Gasteiger partial charge in [0.1, 0.15) is 0 Å². The van der Waals surface area contributed by atoms with E-state index in [4.69, 9.17) is 4.74 Å². The summed E-state index contributed by atoms with van der Waals surface area (Å²) in [6.45, 7) is 11.9. The van der Waals surface area contributed by atoms with Gasteiger partial charge < -0.3 is 15.0 Å². The van der Waals surface area contributed by atoms with E-state index in [1.165, 1.54) is 6.42 Å². The molecule has 0 rings (SSSR count). The second-order valence-corrected chi connectivity index (χ2v) is 5.00. The van der Waals surface area contributed by atoms with Crippen molar-refractivity contribution in [1.29, 1.82) is 0 Å². The lowest BCUT2D eigenvalue weighted by molar-refractivity contribution is 0.189. The summed E-state index contributed by atoms with van der Waals surface area (Å²) in [5.74, 6) is 0. The normalized spacial score (nSPS) is 12.4. The molecule has 0 aliphatic heterocycles. The first kappa shape index (κ1) is 14.9. The van der Waals surface area contributed by atoms with Gasteiger partial charge in [-0.25, -0.2) is 0 Å². The van der Waals surface area contributed by atoms with Gasteiger partial charge >= 0.3 is 0 Å². The van der Waals surface area contributed by atoms with Crippen molar-refractivity contribution in [3.05, 3.63) is 0 Å². The van der Waals surface area contributed by atoms with E-state index in [2.05, 4.69) is 38.0 Å². The standard InChI is InChI=1S/C12H28N2O/c1-6-12(2,3)11-14(4)9-7-13-8-10-15-5/h13H,6-11H2,1-5H3. The Hall–Kier alpha value is -0.120. The summed E-state index contributed by atoms with van der Waals surface area (Å²) in [5.41, 5.74) is 0.432.